The van der Waals surface area contributed by atoms with Crippen LogP contribution in [0.4, 0.5) is 0 Å². The number of benzene rings is 1. The third-order valence-corrected chi connectivity index (χ3v) is 6.07. The number of aryl methyl sites for hydroxylation is 1. The molecule has 0 N–H and O–H groups in total. The molecule has 118 valence electrons. The van der Waals surface area contributed by atoms with Crippen LogP contribution in [0.3, 0.4) is 0 Å². The molecule has 1 aromatic carbocycles. The minimum absolute atomic E-state index is 0.301. The van der Waals surface area contributed by atoms with Crippen molar-refractivity contribution in [1.82, 2.24) is 0 Å². The van der Waals surface area contributed by atoms with Crippen molar-refractivity contribution in [2.75, 3.05) is 13.2 Å². The molecular formula is C19H24O2S. The molecule has 1 saturated heterocycles. The third kappa shape index (κ3) is 3.26. The van der Waals surface area contributed by atoms with Gasteiger partial charge in [0.1, 0.15) is 0 Å². The SMILES string of the molecule is CCCC[C@@H]1C=C2COC[C@@H]2C=C1S(=O)c1ccc(C)cc1. The third-order valence-electron chi connectivity index (χ3n) is 4.51. The highest BCUT2D eigenvalue weighted by Gasteiger charge is 2.30. The first-order chi connectivity index (χ1) is 10.7. The molecule has 1 unspecified atom stereocenters. The fraction of sp³-hybridized carbons (Fsp3) is 0.474. The Hall–Kier alpha value is -1.19. The van der Waals surface area contributed by atoms with E-state index in [1.807, 2.05) is 24.3 Å². The Kier molecular flexibility index (Phi) is 4.94. The average molecular weight is 316 g/mol. The summed E-state index contributed by atoms with van der Waals surface area (Å²) >= 11 is 0. The molecule has 3 rings (SSSR count). The predicted molar refractivity (Wildman–Crippen MR) is 91.1 cm³/mol. The Morgan fingerprint density at radius 1 is 1.23 bits per heavy atom. The lowest BCUT2D eigenvalue weighted by atomic mass is 9.88. The van der Waals surface area contributed by atoms with Gasteiger partial charge in [0, 0.05) is 21.6 Å². The molecule has 0 spiro atoms. The zero-order valence-corrected chi connectivity index (χ0v) is 14.2. The molecule has 1 aliphatic carbocycles. The topological polar surface area (TPSA) is 26.3 Å². The van der Waals surface area contributed by atoms with Crippen LogP contribution in [0.15, 0.2) is 51.8 Å². The van der Waals surface area contributed by atoms with Gasteiger partial charge in [-0.05, 0) is 31.1 Å². The lowest BCUT2D eigenvalue weighted by Crippen LogP contribution is -2.16. The van der Waals surface area contributed by atoms with E-state index < -0.39 is 10.8 Å². The van der Waals surface area contributed by atoms with Crippen LogP contribution in [0.25, 0.3) is 0 Å². The molecule has 1 aliphatic heterocycles. The van der Waals surface area contributed by atoms with E-state index in [1.165, 1.54) is 24.0 Å². The molecule has 3 atom stereocenters. The summed E-state index contributed by atoms with van der Waals surface area (Å²) in [4.78, 5) is 1.99. The molecule has 1 fully saturated rings. The lowest BCUT2D eigenvalue weighted by Gasteiger charge is -2.24. The summed E-state index contributed by atoms with van der Waals surface area (Å²) in [5.41, 5.74) is 2.58. The summed E-state index contributed by atoms with van der Waals surface area (Å²) < 4.78 is 18.6. The highest BCUT2D eigenvalue weighted by molar-refractivity contribution is 7.89. The number of allylic oxidation sites excluding steroid dienone is 2. The van der Waals surface area contributed by atoms with Crippen LogP contribution >= 0.6 is 0 Å². The maximum Gasteiger partial charge on any atom is 0.0811 e. The average Bonchev–Trinajstić information content (AvgIpc) is 2.99. The summed E-state index contributed by atoms with van der Waals surface area (Å²) in [6.45, 7) is 5.74. The van der Waals surface area contributed by atoms with Crippen molar-refractivity contribution in [3.8, 4) is 0 Å². The van der Waals surface area contributed by atoms with Crippen LogP contribution in [0.1, 0.15) is 31.7 Å². The van der Waals surface area contributed by atoms with Gasteiger partial charge in [-0.1, -0.05) is 49.6 Å². The van der Waals surface area contributed by atoms with Gasteiger partial charge in [0.05, 0.1) is 24.0 Å². The molecule has 22 heavy (non-hydrogen) atoms. The summed E-state index contributed by atoms with van der Waals surface area (Å²) in [6, 6.07) is 8.07. The van der Waals surface area contributed by atoms with Crippen LogP contribution in [0.2, 0.25) is 0 Å². The van der Waals surface area contributed by atoms with Gasteiger partial charge in [0.2, 0.25) is 0 Å². The standard InChI is InChI=1S/C19H24O2S/c1-3-4-5-15-10-16-12-21-13-17(16)11-19(15)22(20)18-8-6-14(2)7-9-18/h6-11,15,17H,3-5,12-13H2,1-2H3/t15-,17+,22?/m1/s1. The number of unbranched alkanes of at least 4 members (excludes halogenated alkanes) is 1. The van der Waals surface area contributed by atoms with Crippen molar-refractivity contribution in [1.29, 1.82) is 0 Å². The van der Waals surface area contributed by atoms with Gasteiger partial charge in [0.25, 0.3) is 0 Å². The number of hydrogen-bond donors (Lipinski definition) is 0. The van der Waals surface area contributed by atoms with E-state index in [2.05, 4.69) is 26.0 Å². The normalized spacial score (nSPS) is 25.4. The van der Waals surface area contributed by atoms with Gasteiger partial charge in [-0.25, -0.2) is 4.21 Å². The minimum atomic E-state index is -1.06. The summed E-state index contributed by atoms with van der Waals surface area (Å²) in [5, 5.41) is 0. The molecule has 1 aromatic rings. The fourth-order valence-corrected chi connectivity index (χ4v) is 4.56. The van der Waals surface area contributed by atoms with Gasteiger partial charge < -0.3 is 4.74 Å². The second-order valence-electron chi connectivity index (χ2n) is 6.26. The molecule has 1 heterocycles. The van der Waals surface area contributed by atoms with Crippen molar-refractivity contribution >= 4 is 10.8 Å². The van der Waals surface area contributed by atoms with E-state index in [0.29, 0.717) is 11.8 Å². The van der Waals surface area contributed by atoms with Gasteiger partial charge in [-0.3, -0.25) is 0 Å². The van der Waals surface area contributed by atoms with Crippen molar-refractivity contribution in [3.05, 3.63) is 52.5 Å². The fourth-order valence-electron chi connectivity index (χ4n) is 3.15. The number of rotatable bonds is 5. The minimum Gasteiger partial charge on any atom is -0.376 e. The van der Waals surface area contributed by atoms with Crippen LogP contribution in [0, 0.1) is 18.8 Å². The smallest absolute Gasteiger partial charge is 0.0811 e. The lowest BCUT2D eigenvalue weighted by molar-refractivity contribution is 0.195. The zero-order valence-electron chi connectivity index (χ0n) is 13.4. The largest absolute Gasteiger partial charge is 0.376 e. The Bertz CT molecular complexity index is 613. The maximum atomic E-state index is 13.0. The van der Waals surface area contributed by atoms with Crippen molar-refractivity contribution in [2.24, 2.45) is 11.8 Å². The predicted octanol–water partition coefficient (Wildman–Crippen LogP) is 4.38. The molecule has 0 saturated carbocycles. The molecular weight excluding hydrogens is 292 g/mol. The Balaban J connectivity index is 1.88. The quantitative estimate of drug-likeness (QED) is 0.754. The van der Waals surface area contributed by atoms with Crippen molar-refractivity contribution in [2.45, 2.75) is 38.0 Å². The van der Waals surface area contributed by atoms with Gasteiger partial charge in [-0.15, -0.1) is 0 Å². The molecule has 3 heteroatoms. The monoisotopic (exact) mass is 316 g/mol. The van der Waals surface area contributed by atoms with Crippen LogP contribution in [0.5, 0.6) is 0 Å². The molecule has 0 aromatic heterocycles. The first-order valence-corrected chi connectivity index (χ1v) is 9.32. The first kappa shape index (κ1) is 15.7. The van der Waals surface area contributed by atoms with Crippen LogP contribution in [-0.4, -0.2) is 17.4 Å². The van der Waals surface area contributed by atoms with E-state index in [4.69, 9.17) is 4.74 Å². The van der Waals surface area contributed by atoms with E-state index in [-0.39, 0.29) is 0 Å². The zero-order chi connectivity index (χ0) is 15.5. The second kappa shape index (κ2) is 6.93. The highest BCUT2D eigenvalue weighted by Crippen LogP contribution is 2.37. The van der Waals surface area contributed by atoms with E-state index in [0.717, 1.165) is 29.4 Å². The summed E-state index contributed by atoms with van der Waals surface area (Å²) in [5.74, 6) is 0.636. The van der Waals surface area contributed by atoms with Crippen molar-refractivity contribution < 1.29 is 8.95 Å². The van der Waals surface area contributed by atoms with Crippen LogP contribution < -0.4 is 0 Å². The van der Waals surface area contributed by atoms with E-state index in [9.17, 15) is 4.21 Å². The molecule has 2 nitrogen and oxygen atoms in total. The van der Waals surface area contributed by atoms with Gasteiger partial charge in [-0.2, -0.15) is 0 Å². The molecule has 0 bridgehead atoms. The van der Waals surface area contributed by atoms with Gasteiger partial charge in [0.15, 0.2) is 0 Å². The Morgan fingerprint density at radius 3 is 2.73 bits per heavy atom. The molecule has 0 amide bonds. The van der Waals surface area contributed by atoms with Crippen molar-refractivity contribution in [3.63, 3.8) is 0 Å². The number of ether oxygens (including phenoxy) is 1. The molecule has 2 aliphatic rings. The molecule has 0 radical (unpaired) electrons. The second-order valence-corrected chi connectivity index (χ2v) is 7.74. The summed E-state index contributed by atoms with van der Waals surface area (Å²) in [7, 11) is -1.06. The number of hydrogen-bond acceptors (Lipinski definition) is 2. The van der Waals surface area contributed by atoms with Crippen LogP contribution in [-0.2, 0) is 15.5 Å². The summed E-state index contributed by atoms with van der Waals surface area (Å²) in [6.07, 6.45) is 7.97. The maximum absolute atomic E-state index is 13.0. The van der Waals surface area contributed by atoms with Gasteiger partial charge >= 0.3 is 0 Å². The van der Waals surface area contributed by atoms with E-state index >= 15 is 0 Å². The first-order valence-electron chi connectivity index (χ1n) is 8.17. The highest BCUT2D eigenvalue weighted by atomic mass is 32.2. The Morgan fingerprint density at radius 2 is 2.00 bits per heavy atom. The Labute approximate surface area is 135 Å². The van der Waals surface area contributed by atoms with E-state index in [1.54, 1.807) is 0 Å². The number of fused-ring (bicyclic) bond motifs is 1.